The molecule has 1 atom stereocenters. The van der Waals surface area contributed by atoms with Gasteiger partial charge in [0.1, 0.15) is 17.5 Å². The number of imidazole rings is 1. The van der Waals surface area contributed by atoms with E-state index in [4.69, 9.17) is 4.74 Å². The van der Waals surface area contributed by atoms with Crippen LogP contribution < -0.4 is 10.1 Å². The lowest BCUT2D eigenvalue weighted by atomic mass is 10.1. The van der Waals surface area contributed by atoms with Crippen LogP contribution in [0.4, 0.5) is 0 Å². The SMILES string of the molecule is COc1cccc(C#N)c1-n1cncc1C1CCCN1. The minimum atomic E-state index is 0.286. The van der Waals surface area contributed by atoms with Crippen molar-refractivity contribution in [3.05, 3.63) is 42.0 Å². The molecule has 1 saturated heterocycles. The fourth-order valence-electron chi connectivity index (χ4n) is 2.71. The molecule has 3 rings (SSSR count). The van der Waals surface area contributed by atoms with E-state index in [1.54, 1.807) is 19.5 Å². The third-order valence-corrected chi connectivity index (χ3v) is 3.66. The molecule has 0 amide bonds. The Bertz CT molecular complexity index is 650. The number of para-hydroxylation sites is 1. The van der Waals surface area contributed by atoms with Crippen molar-refractivity contribution in [1.29, 1.82) is 5.26 Å². The van der Waals surface area contributed by atoms with Crippen LogP contribution in [0.25, 0.3) is 5.69 Å². The topological polar surface area (TPSA) is 62.9 Å². The lowest BCUT2D eigenvalue weighted by Crippen LogP contribution is -2.16. The molecule has 0 bridgehead atoms. The fraction of sp³-hybridized carbons (Fsp3) is 0.333. The highest BCUT2D eigenvalue weighted by Gasteiger charge is 2.22. The Morgan fingerprint density at radius 3 is 3.10 bits per heavy atom. The molecule has 0 radical (unpaired) electrons. The average Bonchev–Trinajstić information content (AvgIpc) is 3.16. The Labute approximate surface area is 117 Å². The van der Waals surface area contributed by atoms with E-state index < -0.39 is 0 Å². The van der Waals surface area contributed by atoms with Crippen molar-refractivity contribution >= 4 is 0 Å². The minimum absolute atomic E-state index is 0.286. The summed E-state index contributed by atoms with van der Waals surface area (Å²) in [5.74, 6) is 0.682. The molecule has 20 heavy (non-hydrogen) atoms. The zero-order chi connectivity index (χ0) is 13.9. The van der Waals surface area contributed by atoms with E-state index in [9.17, 15) is 5.26 Å². The molecule has 5 nitrogen and oxygen atoms in total. The lowest BCUT2D eigenvalue weighted by molar-refractivity contribution is 0.412. The van der Waals surface area contributed by atoms with Crippen molar-refractivity contribution < 1.29 is 4.74 Å². The summed E-state index contributed by atoms with van der Waals surface area (Å²) in [4.78, 5) is 4.25. The summed E-state index contributed by atoms with van der Waals surface area (Å²) in [6, 6.07) is 8.00. The largest absolute Gasteiger partial charge is 0.495 e. The monoisotopic (exact) mass is 268 g/mol. The second-order valence-corrected chi connectivity index (χ2v) is 4.81. The molecule has 1 aromatic heterocycles. The smallest absolute Gasteiger partial charge is 0.144 e. The summed E-state index contributed by atoms with van der Waals surface area (Å²) in [6.07, 6.45) is 5.85. The third-order valence-electron chi connectivity index (χ3n) is 3.66. The summed E-state index contributed by atoms with van der Waals surface area (Å²) in [5, 5.41) is 12.8. The van der Waals surface area contributed by atoms with Gasteiger partial charge in [0.25, 0.3) is 0 Å². The standard InChI is InChI=1S/C15H16N4O/c1-20-14-6-2-4-11(8-16)15(14)19-10-17-9-13(19)12-5-3-7-18-12/h2,4,6,9-10,12,18H,3,5,7H2,1H3. The first-order valence-corrected chi connectivity index (χ1v) is 6.68. The number of rotatable bonds is 3. The Balaban J connectivity index is 2.14. The highest BCUT2D eigenvalue weighted by atomic mass is 16.5. The fourth-order valence-corrected chi connectivity index (χ4v) is 2.71. The van der Waals surface area contributed by atoms with E-state index in [-0.39, 0.29) is 6.04 Å². The third kappa shape index (κ3) is 2.04. The molecular formula is C15H16N4O. The van der Waals surface area contributed by atoms with Gasteiger partial charge in [0.2, 0.25) is 0 Å². The Hall–Kier alpha value is -2.32. The lowest BCUT2D eigenvalue weighted by Gasteiger charge is -2.17. The molecule has 2 aromatic rings. The van der Waals surface area contributed by atoms with Gasteiger partial charge in [0.15, 0.2) is 0 Å². The van der Waals surface area contributed by atoms with E-state index in [1.165, 1.54) is 0 Å². The van der Waals surface area contributed by atoms with E-state index in [1.807, 2.05) is 22.9 Å². The minimum Gasteiger partial charge on any atom is -0.495 e. The highest BCUT2D eigenvalue weighted by molar-refractivity contribution is 5.58. The van der Waals surface area contributed by atoms with Crippen LogP contribution in [0.1, 0.15) is 30.1 Å². The van der Waals surface area contributed by atoms with Crippen LogP contribution in [-0.2, 0) is 0 Å². The van der Waals surface area contributed by atoms with Crippen LogP contribution in [0.2, 0.25) is 0 Å². The molecule has 1 N–H and O–H groups in total. The second-order valence-electron chi connectivity index (χ2n) is 4.81. The maximum Gasteiger partial charge on any atom is 0.144 e. The molecule has 5 heteroatoms. The number of nitrogens with one attached hydrogen (secondary N) is 1. The number of nitriles is 1. The molecular weight excluding hydrogens is 252 g/mol. The first kappa shape index (κ1) is 12.7. The number of hydrogen-bond acceptors (Lipinski definition) is 4. The van der Waals surface area contributed by atoms with E-state index in [0.29, 0.717) is 11.3 Å². The maximum atomic E-state index is 9.34. The zero-order valence-electron chi connectivity index (χ0n) is 11.3. The van der Waals surface area contributed by atoms with Crippen LogP contribution in [-0.4, -0.2) is 23.2 Å². The van der Waals surface area contributed by atoms with Crippen molar-refractivity contribution in [3.63, 3.8) is 0 Å². The van der Waals surface area contributed by atoms with Gasteiger partial charge in [-0.25, -0.2) is 4.98 Å². The molecule has 1 aliphatic rings. The van der Waals surface area contributed by atoms with Crippen LogP contribution in [0.5, 0.6) is 5.75 Å². The van der Waals surface area contributed by atoms with Crippen LogP contribution in [0.15, 0.2) is 30.7 Å². The molecule has 102 valence electrons. The molecule has 1 fully saturated rings. The van der Waals surface area contributed by atoms with Gasteiger partial charge in [-0.1, -0.05) is 6.07 Å². The number of methoxy groups -OCH3 is 1. The molecule has 1 aromatic carbocycles. The van der Waals surface area contributed by atoms with E-state index in [0.717, 1.165) is 30.8 Å². The zero-order valence-corrected chi connectivity index (χ0v) is 11.3. The Morgan fingerprint density at radius 1 is 1.50 bits per heavy atom. The van der Waals surface area contributed by atoms with E-state index in [2.05, 4.69) is 16.4 Å². The van der Waals surface area contributed by atoms with Crippen molar-refractivity contribution in [2.24, 2.45) is 0 Å². The van der Waals surface area contributed by atoms with Gasteiger partial charge in [-0.2, -0.15) is 5.26 Å². The Morgan fingerprint density at radius 2 is 2.40 bits per heavy atom. The summed E-state index contributed by atoms with van der Waals surface area (Å²) in [7, 11) is 1.62. The molecule has 2 heterocycles. The summed E-state index contributed by atoms with van der Waals surface area (Å²) < 4.78 is 7.37. The quantitative estimate of drug-likeness (QED) is 0.926. The van der Waals surface area contributed by atoms with Crippen molar-refractivity contribution in [2.45, 2.75) is 18.9 Å². The summed E-state index contributed by atoms with van der Waals surface area (Å²) in [6.45, 7) is 1.02. The van der Waals surface area contributed by atoms with Gasteiger partial charge in [-0.15, -0.1) is 0 Å². The predicted molar refractivity (Wildman–Crippen MR) is 74.8 cm³/mol. The maximum absolute atomic E-state index is 9.34. The first-order chi connectivity index (χ1) is 9.85. The predicted octanol–water partition coefficient (Wildman–Crippen LogP) is 2.18. The van der Waals surface area contributed by atoms with Gasteiger partial charge in [0, 0.05) is 6.04 Å². The van der Waals surface area contributed by atoms with E-state index >= 15 is 0 Å². The van der Waals surface area contributed by atoms with Crippen LogP contribution >= 0.6 is 0 Å². The number of hydrogen-bond donors (Lipinski definition) is 1. The van der Waals surface area contributed by atoms with Gasteiger partial charge in [-0.3, -0.25) is 4.57 Å². The summed E-state index contributed by atoms with van der Waals surface area (Å²) in [5.41, 5.74) is 2.42. The number of benzene rings is 1. The average molecular weight is 268 g/mol. The second kappa shape index (κ2) is 5.35. The van der Waals surface area contributed by atoms with Gasteiger partial charge < -0.3 is 10.1 Å². The normalized spacial score (nSPS) is 17.9. The Kier molecular flexibility index (Phi) is 3.40. The van der Waals surface area contributed by atoms with Crippen molar-refractivity contribution in [3.8, 4) is 17.5 Å². The van der Waals surface area contributed by atoms with Crippen molar-refractivity contribution in [1.82, 2.24) is 14.9 Å². The summed E-state index contributed by atoms with van der Waals surface area (Å²) >= 11 is 0. The molecule has 1 aliphatic heterocycles. The number of nitrogens with zero attached hydrogens (tertiary/aromatic N) is 3. The number of aromatic nitrogens is 2. The molecule has 0 spiro atoms. The molecule has 0 aliphatic carbocycles. The van der Waals surface area contributed by atoms with Crippen molar-refractivity contribution in [2.75, 3.05) is 13.7 Å². The van der Waals surface area contributed by atoms with Crippen LogP contribution in [0.3, 0.4) is 0 Å². The van der Waals surface area contributed by atoms with Gasteiger partial charge in [0.05, 0.1) is 30.9 Å². The molecule has 0 saturated carbocycles. The van der Waals surface area contributed by atoms with Gasteiger partial charge in [-0.05, 0) is 31.5 Å². The molecule has 1 unspecified atom stereocenters. The van der Waals surface area contributed by atoms with Gasteiger partial charge >= 0.3 is 0 Å². The highest BCUT2D eigenvalue weighted by Crippen LogP contribution is 2.31. The first-order valence-electron chi connectivity index (χ1n) is 6.68. The van der Waals surface area contributed by atoms with Crippen LogP contribution in [0, 0.1) is 11.3 Å². The number of ether oxygens (including phenoxy) is 1.